The van der Waals surface area contributed by atoms with Crippen molar-refractivity contribution in [2.24, 2.45) is 0 Å². The quantitative estimate of drug-likeness (QED) is 0.323. The maximum absolute atomic E-state index is 11.0. The zero-order valence-corrected chi connectivity index (χ0v) is 17.4. The highest BCUT2D eigenvalue weighted by Gasteiger charge is 2.18. The summed E-state index contributed by atoms with van der Waals surface area (Å²) in [4.78, 5) is 12.6. The average molecular weight is 425 g/mol. The summed E-state index contributed by atoms with van der Waals surface area (Å²) in [7, 11) is 3.96. The molecule has 0 aliphatic carbocycles. The van der Waals surface area contributed by atoms with Crippen LogP contribution < -0.4 is 10.2 Å². The van der Waals surface area contributed by atoms with E-state index in [2.05, 4.69) is 15.5 Å². The minimum atomic E-state index is -0.422. The van der Waals surface area contributed by atoms with Crippen LogP contribution in [-0.4, -0.2) is 38.8 Å². The number of fused-ring (bicyclic) bond motifs is 3. The number of para-hydroxylation sites is 1. The van der Waals surface area contributed by atoms with Gasteiger partial charge < -0.3 is 10.2 Å². The van der Waals surface area contributed by atoms with Crippen LogP contribution in [-0.2, 0) is 0 Å². The molecule has 1 N–H and O–H groups in total. The Hall–Kier alpha value is -4.53. The predicted molar refractivity (Wildman–Crippen MR) is 124 cm³/mol. The van der Waals surface area contributed by atoms with Gasteiger partial charge in [0.25, 0.3) is 5.69 Å². The molecule has 0 atom stereocenters. The minimum absolute atomic E-state index is 0.0326. The van der Waals surface area contributed by atoms with Gasteiger partial charge in [0.2, 0.25) is 0 Å². The number of nitrogens with one attached hydrogen (secondary N) is 1. The Balaban J connectivity index is 1.70. The standard InChI is InChI=1S/C23H19N7O2/c1-28(2)20-10-6-5-9-19(20)23-26-25-22-18-8-4-3-7-17(18)21(27-29(22)23)24-15-11-13-16(14-12-15)30(31)32/h3-14H,1-2H3,(H,24,27). The molecule has 9 heteroatoms. The van der Waals surface area contributed by atoms with E-state index in [0.29, 0.717) is 23.0 Å². The van der Waals surface area contributed by atoms with E-state index < -0.39 is 4.92 Å². The first-order chi connectivity index (χ1) is 15.5. The summed E-state index contributed by atoms with van der Waals surface area (Å²) in [6.07, 6.45) is 0. The maximum Gasteiger partial charge on any atom is 0.269 e. The summed E-state index contributed by atoms with van der Waals surface area (Å²) < 4.78 is 1.73. The minimum Gasteiger partial charge on any atom is -0.377 e. The predicted octanol–water partition coefficient (Wildman–Crippen LogP) is 4.66. The number of nitrogens with zero attached hydrogens (tertiary/aromatic N) is 6. The van der Waals surface area contributed by atoms with Crippen LogP contribution >= 0.6 is 0 Å². The molecule has 0 saturated carbocycles. The Morgan fingerprint density at radius 1 is 0.906 bits per heavy atom. The normalized spacial score (nSPS) is 11.1. The number of hydrogen-bond donors (Lipinski definition) is 1. The van der Waals surface area contributed by atoms with Gasteiger partial charge in [-0.25, -0.2) is 0 Å². The molecule has 0 unspecified atom stereocenters. The third-order valence-corrected chi connectivity index (χ3v) is 5.23. The number of nitro benzene ring substituents is 1. The molecule has 2 aromatic heterocycles. The molecule has 0 amide bonds. The zero-order chi connectivity index (χ0) is 22.2. The molecule has 0 saturated heterocycles. The van der Waals surface area contributed by atoms with Crippen molar-refractivity contribution in [3.63, 3.8) is 0 Å². The second-order valence-corrected chi connectivity index (χ2v) is 7.49. The molecule has 0 aliphatic heterocycles. The van der Waals surface area contributed by atoms with Crippen molar-refractivity contribution in [2.45, 2.75) is 0 Å². The number of hydrogen-bond acceptors (Lipinski definition) is 7. The van der Waals surface area contributed by atoms with Crippen LogP contribution in [0.4, 0.5) is 22.9 Å². The van der Waals surface area contributed by atoms with Gasteiger partial charge >= 0.3 is 0 Å². The summed E-state index contributed by atoms with van der Waals surface area (Å²) in [5, 5.41) is 29.7. The van der Waals surface area contributed by atoms with Gasteiger partial charge in [-0.3, -0.25) is 10.1 Å². The van der Waals surface area contributed by atoms with Crippen molar-refractivity contribution in [1.82, 2.24) is 19.8 Å². The summed E-state index contributed by atoms with van der Waals surface area (Å²) in [6, 6.07) is 22.0. The van der Waals surface area contributed by atoms with E-state index in [1.165, 1.54) is 12.1 Å². The molecular weight excluding hydrogens is 406 g/mol. The number of non-ortho nitro benzene ring substituents is 1. The molecule has 3 aromatic carbocycles. The lowest BCUT2D eigenvalue weighted by atomic mass is 10.1. The Kier molecular flexibility index (Phi) is 4.63. The van der Waals surface area contributed by atoms with Gasteiger partial charge in [-0.2, -0.15) is 4.52 Å². The van der Waals surface area contributed by atoms with E-state index in [0.717, 1.165) is 22.0 Å². The van der Waals surface area contributed by atoms with Gasteiger partial charge in [-0.1, -0.05) is 36.4 Å². The topological polar surface area (TPSA) is 101 Å². The molecule has 32 heavy (non-hydrogen) atoms. The first-order valence-corrected chi connectivity index (χ1v) is 9.95. The Bertz CT molecular complexity index is 1460. The molecule has 0 spiro atoms. The van der Waals surface area contributed by atoms with Crippen molar-refractivity contribution in [2.75, 3.05) is 24.3 Å². The number of anilines is 3. The van der Waals surface area contributed by atoms with Crippen LogP contribution in [0, 0.1) is 10.1 Å². The fourth-order valence-corrected chi connectivity index (χ4v) is 3.70. The molecule has 0 radical (unpaired) electrons. The SMILES string of the molecule is CN(C)c1ccccc1-c1nnc2c3ccccc3c(Nc3ccc([N+](=O)[O-])cc3)nn12. The van der Waals surface area contributed by atoms with Crippen LogP contribution in [0.1, 0.15) is 0 Å². The van der Waals surface area contributed by atoms with Gasteiger partial charge in [0.15, 0.2) is 17.3 Å². The Morgan fingerprint density at radius 2 is 1.59 bits per heavy atom. The third-order valence-electron chi connectivity index (χ3n) is 5.23. The summed E-state index contributed by atoms with van der Waals surface area (Å²) >= 11 is 0. The highest BCUT2D eigenvalue weighted by molar-refractivity contribution is 6.01. The maximum atomic E-state index is 11.0. The number of rotatable bonds is 5. The Morgan fingerprint density at radius 3 is 2.31 bits per heavy atom. The van der Waals surface area contributed by atoms with Gasteiger partial charge in [-0.05, 0) is 24.3 Å². The number of nitro groups is 1. The lowest BCUT2D eigenvalue weighted by Gasteiger charge is -2.16. The fraction of sp³-hybridized carbons (Fsp3) is 0.0870. The van der Waals surface area contributed by atoms with E-state index in [9.17, 15) is 10.1 Å². The van der Waals surface area contributed by atoms with Gasteiger partial charge in [0, 0.05) is 53.9 Å². The smallest absolute Gasteiger partial charge is 0.269 e. The third kappa shape index (κ3) is 3.25. The van der Waals surface area contributed by atoms with Crippen LogP contribution in [0.5, 0.6) is 0 Å². The molecule has 158 valence electrons. The van der Waals surface area contributed by atoms with Crippen molar-refractivity contribution in [3.8, 4) is 11.4 Å². The van der Waals surface area contributed by atoms with Crippen molar-refractivity contribution < 1.29 is 4.92 Å². The van der Waals surface area contributed by atoms with Crippen molar-refractivity contribution in [3.05, 3.63) is 82.9 Å². The van der Waals surface area contributed by atoms with Crippen LogP contribution in [0.3, 0.4) is 0 Å². The molecule has 5 rings (SSSR count). The van der Waals surface area contributed by atoms with Crippen LogP contribution in [0.2, 0.25) is 0 Å². The van der Waals surface area contributed by atoms with E-state index in [1.807, 2.05) is 67.5 Å². The molecule has 9 nitrogen and oxygen atoms in total. The van der Waals surface area contributed by atoms with Crippen molar-refractivity contribution in [1.29, 1.82) is 0 Å². The van der Waals surface area contributed by atoms with E-state index >= 15 is 0 Å². The summed E-state index contributed by atoms with van der Waals surface area (Å²) in [5.74, 6) is 1.23. The van der Waals surface area contributed by atoms with Crippen LogP contribution in [0.25, 0.3) is 27.8 Å². The lowest BCUT2D eigenvalue weighted by molar-refractivity contribution is -0.384. The molecular formula is C23H19N7O2. The van der Waals surface area contributed by atoms with E-state index in [4.69, 9.17) is 5.10 Å². The van der Waals surface area contributed by atoms with Gasteiger partial charge in [-0.15, -0.1) is 15.3 Å². The lowest BCUT2D eigenvalue weighted by Crippen LogP contribution is -2.11. The van der Waals surface area contributed by atoms with Gasteiger partial charge in [0.05, 0.1) is 4.92 Å². The monoisotopic (exact) mass is 425 g/mol. The molecule has 0 fully saturated rings. The first kappa shape index (κ1) is 19.4. The molecule has 0 aliphatic rings. The molecule has 2 heterocycles. The summed E-state index contributed by atoms with van der Waals surface area (Å²) in [5.41, 5.74) is 3.29. The number of benzene rings is 3. The highest BCUT2D eigenvalue weighted by Crippen LogP contribution is 2.32. The second-order valence-electron chi connectivity index (χ2n) is 7.49. The van der Waals surface area contributed by atoms with E-state index in [1.54, 1.807) is 16.6 Å². The zero-order valence-electron chi connectivity index (χ0n) is 17.4. The first-order valence-electron chi connectivity index (χ1n) is 9.95. The highest BCUT2D eigenvalue weighted by atomic mass is 16.6. The van der Waals surface area contributed by atoms with Crippen molar-refractivity contribution >= 4 is 39.3 Å². The summed E-state index contributed by atoms with van der Waals surface area (Å²) in [6.45, 7) is 0. The largest absolute Gasteiger partial charge is 0.377 e. The number of aromatic nitrogens is 4. The average Bonchev–Trinajstić information content (AvgIpc) is 3.23. The molecule has 5 aromatic rings. The Labute approximate surface area is 183 Å². The van der Waals surface area contributed by atoms with Gasteiger partial charge in [0.1, 0.15) is 0 Å². The van der Waals surface area contributed by atoms with Crippen LogP contribution in [0.15, 0.2) is 72.8 Å². The van der Waals surface area contributed by atoms with E-state index in [-0.39, 0.29) is 5.69 Å². The molecule has 0 bridgehead atoms. The second kappa shape index (κ2) is 7.62. The fourth-order valence-electron chi connectivity index (χ4n) is 3.70.